The summed E-state index contributed by atoms with van der Waals surface area (Å²) in [5.41, 5.74) is 0.899. The van der Waals surface area contributed by atoms with E-state index in [9.17, 15) is 9.18 Å². The minimum absolute atomic E-state index is 0.156. The van der Waals surface area contributed by atoms with Crippen molar-refractivity contribution in [3.05, 3.63) is 58.9 Å². The van der Waals surface area contributed by atoms with Crippen LogP contribution in [0.15, 0.2) is 42.5 Å². The smallest absolute Gasteiger partial charge is 0.256 e. The zero-order valence-corrected chi connectivity index (χ0v) is 10.9. The van der Waals surface area contributed by atoms with Crippen molar-refractivity contribution in [3.63, 3.8) is 0 Å². The molecule has 1 amide bonds. The summed E-state index contributed by atoms with van der Waals surface area (Å²) in [6.45, 7) is 0. The van der Waals surface area contributed by atoms with Gasteiger partial charge in [0.2, 0.25) is 0 Å². The van der Waals surface area contributed by atoms with Crippen LogP contribution in [0.1, 0.15) is 10.4 Å². The number of nitrogens with one attached hydrogen (secondary N) is 2. The number of nitrogens with zero attached hydrogens (tertiary/aromatic N) is 1. The Morgan fingerprint density at radius 2 is 2.05 bits per heavy atom. The Bertz CT molecular complexity index is 800. The number of anilines is 1. The van der Waals surface area contributed by atoms with E-state index in [0.717, 1.165) is 0 Å². The predicted octanol–water partition coefficient (Wildman–Crippen LogP) is 3.61. The van der Waals surface area contributed by atoms with Crippen LogP contribution in [0.25, 0.3) is 10.9 Å². The Hall–Kier alpha value is -2.40. The molecule has 1 aromatic heterocycles. The number of hydrogen-bond acceptors (Lipinski definition) is 2. The topological polar surface area (TPSA) is 57.8 Å². The molecule has 1 heterocycles. The van der Waals surface area contributed by atoms with Crippen molar-refractivity contribution in [2.45, 2.75) is 0 Å². The maximum atomic E-state index is 13.8. The molecule has 0 aliphatic heterocycles. The van der Waals surface area contributed by atoms with E-state index in [2.05, 4.69) is 15.5 Å². The van der Waals surface area contributed by atoms with E-state index in [1.807, 2.05) is 0 Å². The second-order valence-corrected chi connectivity index (χ2v) is 4.64. The predicted molar refractivity (Wildman–Crippen MR) is 75.5 cm³/mol. The maximum absolute atomic E-state index is 13.8. The molecule has 0 fully saturated rings. The van der Waals surface area contributed by atoms with E-state index in [-0.39, 0.29) is 11.2 Å². The molecule has 0 aliphatic rings. The molecule has 6 heteroatoms. The highest BCUT2D eigenvalue weighted by molar-refractivity contribution is 6.31. The van der Waals surface area contributed by atoms with E-state index in [1.54, 1.807) is 30.3 Å². The van der Waals surface area contributed by atoms with Crippen LogP contribution in [0.2, 0.25) is 5.02 Å². The van der Waals surface area contributed by atoms with Gasteiger partial charge in [0, 0.05) is 10.6 Å². The molecule has 20 heavy (non-hydrogen) atoms. The van der Waals surface area contributed by atoms with Gasteiger partial charge in [0.25, 0.3) is 5.91 Å². The lowest BCUT2D eigenvalue weighted by atomic mass is 10.2. The Kier molecular flexibility index (Phi) is 3.12. The number of halogens is 2. The fraction of sp³-hybridized carbons (Fsp3) is 0. The molecule has 0 unspecified atom stereocenters. The molecule has 0 bridgehead atoms. The first kappa shape index (κ1) is 12.6. The minimum Gasteiger partial charge on any atom is -0.304 e. The summed E-state index contributed by atoms with van der Waals surface area (Å²) in [5, 5.41) is 9.86. The number of aromatic amines is 1. The lowest BCUT2D eigenvalue weighted by Gasteiger charge is -2.03. The minimum atomic E-state index is -0.447. The number of H-pyrrole nitrogens is 1. The first-order chi connectivity index (χ1) is 9.65. The van der Waals surface area contributed by atoms with Gasteiger partial charge in [-0.05, 0) is 30.3 Å². The van der Waals surface area contributed by atoms with Crippen LogP contribution < -0.4 is 5.32 Å². The van der Waals surface area contributed by atoms with Crippen molar-refractivity contribution < 1.29 is 9.18 Å². The lowest BCUT2D eigenvalue weighted by Crippen LogP contribution is -2.12. The third kappa shape index (κ3) is 2.23. The molecule has 0 saturated heterocycles. The Morgan fingerprint density at radius 3 is 2.85 bits per heavy atom. The number of benzene rings is 2. The van der Waals surface area contributed by atoms with Gasteiger partial charge in [0.05, 0.1) is 10.9 Å². The normalized spacial score (nSPS) is 10.7. The highest BCUT2D eigenvalue weighted by Gasteiger charge is 2.14. The van der Waals surface area contributed by atoms with Crippen molar-refractivity contribution in [2.75, 3.05) is 5.32 Å². The van der Waals surface area contributed by atoms with Gasteiger partial charge in [-0.15, -0.1) is 0 Å². The van der Waals surface area contributed by atoms with Gasteiger partial charge in [-0.3, -0.25) is 9.89 Å². The van der Waals surface area contributed by atoms with Gasteiger partial charge in [0.1, 0.15) is 5.82 Å². The summed E-state index contributed by atoms with van der Waals surface area (Å²) in [6.07, 6.45) is 0. The molecule has 2 N–H and O–H groups in total. The van der Waals surface area contributed by atoms with Crippen molar-refractivity contribution in [3.8, 4) is 0 Å². The van der Waals surface area contributed by atoms with Crippen LogP contribution in [0.5, 0.6) is 0 Å². The lowest BCUT2D eigenvalue weighted by molar-refractivity contribution is 0.102. The van der Waals surface area contributed by atoms with Gasteiger partial charge in [-0.1, -0.05) is 23.7 Å². The fourth-order valence-electron chi connectivity index (χ4n) is 1.93. The average Bonchev–Trinajstić information content (AvgIpc) is 2.83. The SMILES string of the molecule is O=C(Nc1n[nH]c2cccc(F)c12)c1cccc(Cl)c1. The van der Waals surface area contributed by atoms with Crippen LogP contribution in [-0.4, -0.2) is 16.1 Å². The number of fused-ring (bicyclic) bond motifs is 1. The molecule has 100 valence electrons. The van der Waals surface area contributed by atoms with Gasteiger partial charge in [-0.25, -0.2) is 4.39 Å². The van der Waals surface area contributed by atoms with Gasteiger partial charge in [-0.2, -0.15) is 5.10 Å². The summed E-state index contributed by atoms with van der Waals surface area (Å²) >= 11 is 5.83. The number of hydrogen-bond donors (Lipinski definition) is 2. The monoisotopic (exact) mass is 289 g/mol. The highest BCUT2D eigenvalue weighted by atomic mass is 35.5. The van der Waals surface area contributed by atoms with E-state index < -0.39 is 11.7 Å². The van der Waals surface area contributed by atoms with Gasteiger partial charge < -0.3 is 5.32 Å². The van der Waals surface area contributed by atoms with E-state index in [0.29, 0.717) is 16.1 Å². The summed E-state index contributed by atoms with van der Waals surface area (Å²) in [7, 11) is 0. The molecule has 4 nitrogen and oxygen atoms in total. The van der Waals surface area contributed by atoms with Crippen LogP contribution in [0, 0.1) is 5.82 Å². The number of carbonyl (C=O) groups excluding carboxylic acids is 1. The highest BCUT2D eigenvalue weighted by Crippen LogP contribution is 2.24. The van der Waals surface area contributed by atoms with Crippen molar-refractivity contribution in [1.82, 2.24) is 10.2 Å². The van der Waals surface area contributed by atoms with Crippen LogP contribution in [-0.2, 0) is 0 Å². The summed E-state index contributed by atoms with van der Waals surface area (Å²) in [4.78, 5) is 12.1. The summed E-state index contributed by atoms with van der Waals surface area (Å²) in [5.74, 6) is -0.690. The van der Waals surface area contributed by atoms with Crippen molar-refractivity contribution in [2.24, 2.45) is 0 Å². The van der Waals surface area contributed by atoms with Gasteiger partial charge in [0.15, 0.2) is 5.82 Å². The van der Waals surface area contributed by atoms with Crippen LogP contribution in [0.4, 0.5) is 10.2 Å². The molecule has 0 spiro atoms. The van der Waals surface area contributed by atoms with Crippen molar-refractivity contribution >= 4 is 34.2 Å². The molecule has 0 atom stereocenters. The molecule has 2 aromatic carbocycles. The zero-order valence-electron chi connectivity index (χ0n) is 10.2. The number of rotatable bonds is 2. The second-order valence-electron chi connectivity index (χ2n) is 4.20. The standard InChI is InChI=1S/C14H9ClFN3O/c15-9-4-1-3-8(7-9)14(20)17-13-12-10(16)5-2-6-11(12)18-19-13/h1-7H,(H2,17,18,19,20). The number of carbonyl (C=O) groups is 1. The van der Waals surface area contributed by atoms with Crippen molar-refractivity contribution in [1.29, 1.82) is 0 Å². The molecule has 0 aliphatic carbocycles. The average molecular weight is 290 g/mol. The molecule has 3 rings (SSSR count). The third-order valence-corrected chi connectivity index (χ3v) is 3.09. The molecule has 0 saturated carbocycles. The fourth-order valence-corrected chi connectivity index (χ4v) is 2.12. The summed E-state index contributed by atoms with van der Waals surface area (Å²) in [6, 6.07) is 11.0. The maximum Gasteiger partial charge on any atom is 0.256 e. The quantitative estimate of drug-likeness (QED) is 0.757. The van der Waals surface area contributed by atoms with Crippen LogP contribution >= 0.6 is 11.6 Å². The molecular formula is C14H9ClFN3O. The van der Waals surface area contributed by atoms with E-state index in [4.69, 9.17) is 11.6 Å². The molecule has 0 radical (unpaired) electrons. The molecule has 3 aromatic rings. The first-order valence-corrected chi connectivity index (χ1v) is 6.22. The third-order valence-electron chi connectivity index (χ3n) is 2.86. The number of aromatic nitrogens is 2. The zero-order chi connectivity index (χ0) is 14.1. The van der Waals surface area contributed by atoms with E-state index in [1.165, 1.54) is 12.1 Å². The Balaban J connectivity index is 1.96. The molecular weight excluding hydrogens is 281 g/mol. The second kappa shape index (κ2) is 4.94. The Morgan fingerprint density at radius 1 is 1.25 bits per heavy atom. The summed E-state index contributed by atoms with van der Waals surface area (Å²) < 4.78 is 13.8. The first-order valence-electron chi connectivity index (χ1n) is 5.84. The number of amides is 1. The van der Waals surface area contributed by atoms with E-state index >= 15 is 0 Å². The van der Waals surface area contributed by atoms with Crippen LogP contribution in [0.3, 0.4) is 0 Å². The Labute approximate surface area is 118 Å². The van der Waals surface area contributed by atoms with Gasteiger partial charge >= 0.3 is 0 Å². The largest absolute Gasteiger partial charge is 0.304 e.